The molecule has 5 N–H and O–H groups in total. The number of primary amides is 1. The summed E-state index contributed by atoms with van der Waals surface area (Å²) in [6, 6.07) is 5.60. The highest BCUT2D eigenvalue weighted by molar-refractivity contribution is 6.31. The first-order valence-electron chi connectivity index (χ1n) is 9.75. The van der Waals surface area contributed by atoms with Crippen LogP contribution in [0.25, 0.3) is 10.9 Å². The Morgan fingerprint density at radius 3 is 2.50 bits per heavy atom. The molecule has 2 atom stereocenters. The summed E-state index contributed by atoms with van der Waals surface area (Å²) < 4.78 is 13.3. The molecule has 1 aromatic carbocycles. The van der Waals surface area contributed by atoms with E-state index in [4.69, 9.17) is 28.9 Å². The molecule has 1 heterocycles. The van der Waals surface area contributed by atoms with Gasteiger partial charge < -0.3 is 16.0 Å². The Morgan fingerprint density at radius 2 is 1.91 bits per heavy atom. The van der Waals surface area contributed by atoms with Crippen LogP contribution >= 0.6 is 23.2 Å². The summed E-state index contributed by atoms with van der Waals surface area (Å²) in [7, 11) is 0. The van der Waals surface area contributed by atoms with E-state index in [1.165, 1.54) is 0 Å². The van der Waals surface area contributed by atoms with Crippen LogP contribution in [0, 0.1) is 5.92 Å². The van der Waals surface area contributed by atoms with Gasteiger partial charge in [0.15, 0.2) is 0 Å². The van der Waals surface area contributed by atoms with Gasteiger partial charge >= 0.3 is 0 Å². The topological polar surface area (TPSA) is 137 Å². The van der Waals surface area contributed by atoms with Crippen molar-refractivity contribution in [1.82, 2.24) is 20.7 Å². The Balaban J connectivity index is 2.18. The van der Waals surface area contributed by atoms with Gasteiger partial charge in [-0.05, 0) is 36.6 Å². The fourth-order valence-electron chi connectivity index (χ4n) is 2.94. The van der Waals surface area contributed by atoms with Crippen LogP contribution < -0.4 is 16.5 Å². The van der Waals surface area contributed by atoms with Gasteiger partial charge in [0.05, 0.1) is 6.54 Å². The number of carbonyl (C=O) groups excluding carboxylic acids is 4. The smallest absolute Gasteiger partial charge is 0.291 e. The molecule has 174 valence electrons. The molecule has 0 saturated carbocycles. The molecule has 0 fully saturated rings. The van der Waals surface area contributed by atoms with Gasteiger partial charge in [-0.25, -0.2) is 9.40 Å². The molecular formula is C20H24Cl2FN5O4. The SMILES string of the molecule is CC(C)C[C@H](NC(=O)c1cc2cc(Cl)ccc2[nH]1)C(=O)NN(CCC(N)=O)C(=O)C(F)Cl. The summed E-state index contributed by atoms with van der Waals surface area (Å²) >= 11 is 11.2. The molecule has 0 aliphatic heterocycles. The van der Waals surface area contributed by atoms with E-state index in [1.54, 1.807) is 24.3 Å². The van der Waals surface area contributed by atoms with Gasteiger partial charge in [-0.1, -0.05) is 37.0 Å². The Morgan fingerprint density at radius 1 is 1.22 bits per heavy atom. The first kappa shape index (κ1) is 25.4. The lowest BCUT2D eigenvalue weighted by molar-refractivity contribution is -0.144. The third-order valence-electron chi connectivity index (χ3n) is 4.44. The predicted octanol–water partition coefficient (Wildman–Crippen LogP) is 2.24. The maximum Gasteiger partial charge on any atom is 0.291 e. The van der Waals surface area contributed by atoms with E-state index in [-0.39, 0.29) is 31.0 Å². The van der Waals surface area contributed by atoms with Crippen molar-refractivity contribution in [2.75, 3.05) is 6.54 Å². The number of nitrogens with one attached hydrogen (secondary N) is 3. The third kappa shape index (κ3) is 7.10. The molecule has 2 rings (SSSR count). The van der Waals surface area contributed by atoms with Crippen LogP contribution in [0.4, 0.5) is 4.39 Å². The van der Waals surface area contributed by atoms with Crippen molar-refractivity contribution in [2.45, 2.75) is 38.4 Å². The monoisotopic (exact) mass is 487 g/mol. The van der Waals surface area contributed by atoms with Gasteiger partial charge in [0, 0.05) is 22.3 Å². The number of H-pyrrole nitrogens is 1. The minimum atomic E-state index is -2.43. The summed E-state index contributed by atoms with van der Waals surface area (Å²) in [5, 5.41) is 4.41. The molecule has 1 unspecified atom stereocenters. The van der Waals surface area contributed by atoms with Crippen LogP contribution in [0.2, 0.25) is 5.02 Å². The van der Waals surface area contributed by atoms with Crippen molar-refractivity contribution < 1.29 is 23.6 Å². The van der Waals surface area contributed by atoms with E-state index in [1.807, 2.05) is 13.8 Å². The highest BCUT2D eigenvalue weighted by atomic mass is 35.5. The Hall–Kier alpha value is -2.85. The number of hydrazine groups is 1. The molecule has 0 spiro atoms. The number of rotatable bonds is 9. The number of carbonyl (C=O) groups is 4. The molecule has 12 heteroatoms. The van der Waals surface area contributed by atoms with Crippen LogP contribution in [0.1, 0.15) is 37.2 Å². The zero-order valence-electron chi connectivity index (χ0n) is 17.5. The first-order chi connectivity index (χ1) is 15.0. The molecule has 1 aromatic heterocycles. The number of aromatic nitrogens is 1. The molecule has 0 bridgehead atoms. The normalized spacial score (nSPS) is 12.9. The van der Waals surface area contributed by atoms with Crippen molar-refractivity contribution in [3.05, 3.63) is 35.0 Å². The maximum atomic E-state index is 13.3. The fourth-order valence-corrected chi connectivity index (χ4v) is 3.24. The second kappa shape index (κ2) is 11.1. The predicted molar refractivity (Wildman–Crippen MR) is 118 cm³/mol. The summed E-state index contributed by atoms with van der Waals surface area (Å²) in [6.45, 7) is 3.30. The van der Waals surface area contributed by atoms with Gasteiger partial charge in [0.25, 0.3) is 23.4 Å². The quantitative estimate of drug-likeness (QED) is 0.318. The largest absolute Gasteiger partial charge is 0.370 e. The van der Waals surface area contributed by atoms with Gasteiger partial charge in [-0.2, -0.15) is 0 Å². The van der Waals surface area contributed by atoms with Crippen molar-refractivity contribution in [1.29, 1.82) is 0 Å². The zero-order valence-corrected chi connectivity index (χ0v) is 19.0. The number of fused-ring (bicyclic) bond motifs is 1. The van der Waals surface area contributed by atoms with Crippen LogP contribution in [-0.2, 0) is 14.4 Å². The summed E-state index contributed by atoms with van der Waals surface area (Å²) in [5.74, 6) is -3.36. The van der Waals surface area contributed by atoms with Crippen LogP contribution in [-0.4, -0.2) is 51.8 Å². The Bertz CT molecular complexity index is 1010. The molecule has 0 saturated heterocycles. The average molecular weight is 488 g/mol. The number of hydrogen-bond donors (Lipinski definition) is 4. The number of benzene rings is 1. The van der Waals surface area contributed by atoms with Crippen LogP contribution in [0.5, 0.6) is 0 Å². The number of amides is 4. The summed E-state index contributed by atoms with van der Waals surface area (Å²) in [6.07, 6.45) is -0.101. The van der Waals surface area contributed by atoms with Crippen molar-refractivity contribution in [2.24, 2.45) is 11.7 Å². The zero-order chi connectivity index (χ0) is 24.0. The van der Waals surface area contributed by atoms with Gasteiger partial charge in [0.1, 0.15) is 11.7 Å². The number of halogens is 3. The van der Waals surface area contributed by atoms with E-state index in [2.05, 4.69) is 15.7 Å². The fraction of sp³-hybridized carbons (Fsp3) is 0.400. The number of nitrogens with two attached hydrogens (primary N) is 1. The minimum Gasteiger partial charge on any atom is -0.370 e. The van der Waals surface area contributed by atoms with E-state index in [0.29, 0.717) is 20.9 Å². The van der Waals surface area contributed by atoms with Gasteiger partial charge in [-0.3, -0.25) is 24.6 Å². The summed E-state index contributed by atoms with van der Waals surface area (Å²) in [5.41, 5.74) is 5.74. The molecular weight excluding hydrogens is 464 g/mol. The van der Waals surface area contributed by atoms with Crippen LogP contribution in [0.15, 0.2) is 24.3 Å². The van der Waals surface area contributed by atoms with Gasteiger partial charge in [0.2, 0.25) is 5.91 Å². The number of nitrogens with zero attached hydrogens (tertiary/aromatic N) is 1. The highest BCUT2D eigenvalue weighted by Crippen LogP contribution is 2.20. The average Bonchev–Trinajstić information content (AvgIpc) is 3.12. The molecule has 0 aliphatic carbocycles. The van der Waals surface area contributed by atoms with Crippen molar-refractivity contribution >= 4 is 57.7 Å². The van der Waals surface area contributed by atoms with Crippen LogP contribution in [0.3, 0.4) is 0 Å². The Kier molecular flexibility index (Phi) is 8.85. The number of hydrogen-bond acceptors (Lipinski definition) is 4. The van der Waals surface area contributed by atoms with E-state index >= 15 is 0 Å². The molecule has 0 radical (unpaired) electrons. The first-order valence-corrected chi connectivity index (χ1v) is 10.6. The van der Waals surface area contributed by atoms with Crippen molar-refractivity contribution in [3.8, 4) is 0 Å². The van der Waals surface area contributed by atoms with Crippen molar-refractivity contribution in [3.63, 3.8) is 0 Å². The van der Waals surface area contributed by atoms with E-state index in [9.17, 15) is 23.6 Å². The number of alkyl halides is 2. The molecule has 32 heavy (non-hydrogen) atoms. The maximum absolute atomic E-state index is 13.3. The van der Waals surface area contributed by atoms with E-state index in [0.717, 1.165) is 0 Å². The second-order valence-electron chi connectivity index (χ2n) is 7.55. The lowest BCUT2D eigenvalue weighted by Crippen LogP contribution is -2.56. The molecule has 9 nitrogen and oxygen atoms in total. The molecule has 4 amide bonds. The number of aromatic amines is 1. The molecule has 0 aliphatic rings. The minimum absolute atomic E-state index is 0.00991. The lowest BCUT2D eigenvalue weighted by atomic mass is 10.0. The van der Waals surface area contributed by atoms with Gasteiger partial charge in [-0.15, -0.1) is 0 Å². The van der Waals surface area contributed by atoms with E-state index < -0.39 is 35.3 Å². The molecule has 2 aromatic rings. The second-order valence-corrected chi connectivity index (χ2v) is 8.37. The highest BCUT2D eigenvalue weighted by Gasteiger charge is 2.29. The standard InChI is InChI=1S/C20H24Cl2FN5O4/c1-10(2)7-14(19(31)27-28(6-5-16(24)29)20(32)17(22)23)26-18(30)15-9-11-8-12(21)3-4-13(11)25-15/h3-4,8-10,14,17,25H,5-7H2,1-2H3,(H2,24,29)(H,26,30)(H,27,31)/t14-,17?/m0/s1. The third-order valence-corrected chi connectivity index (χ3v) is 4.86. The lowest BCUT2D eigenvalue weighted by Gasteiger charge is -2.27. The Labute approximate surface area is 193 Å². The summed E-state index contributed by atoms with van der Waals surface area (Å²) in [4.78, 5) is 51.5.